The normalized spacial score (nSPS) is 9.68. The van der Waals surface area contributed by atoms with Gasteiger partial charge in [0.15, 0.2) is 0 Å². The number of nitro groups is 1. The van der Waals surface area contributed by atoms with Gasteiger partial charge in [-0.2, -0.15) is 5.26 Å². The van der Waals surface area contributed by atoms with E-state index in [1.165, 1.54) is 12.1 Å². The Morgan fingerprint density at radius 3 is 2.74 bits per heavy atom. The van der Waals surface area contributed by atoms with Crippen molar-refractivity contribution in [1.29, 1.82) is 5.26 Å². The van der Waals surface area contributed by atoms with Gasteiger partial charge in [0.1, 0.15) is 5.69 Å². The molecule has 0 heterocycles. The summed E-state index contributed by atoms with van der Waals surface area (Å²) in [6.45, 7) is 0. The topological polar surface area (TPSA) is 79.0 Å². The molecule has 0 aromatic heterocycles. The molecular formula is C13H8ClN3O2. The van der Waals surface area contributed by atoms with Crippen LogP contribution in [0.25, 0.3) is 0 Å². The van der Waals surface area contributed by atoms with Gasteiger partial charge in [0.2, 0.25) is 0 Å². The van der Waals surface area contributed by atoms with Crippen molar-refractivity contribution in [2.75, 3.05) is 5.32 Å². The Kier molecular flexibility index (Phi) is 3.64. The number of anilines is 2. The Morgan fingerprint density at radius 2 is 2.05 bits per heavy atom. The fraction of sp³-hybridized carbons (Fsp3) is 0. The monoisotopic (exact) mass is 273 g/mol. The first-order chi connectivity index (χ1) is 9.10. The van der Waals surface area contributed by atoms with E-state index < -0.39 is 4.92 Å². The fourth-order valence-electron chi connectivity index (χ4n) is 1.58. The number of rotatable bonds is 3. The van der Waals surface area contributed by atoms with E-state index in [0.717, 1.165) is 0 Å². The summed E-state index contributed by atoms with van der Waals surface area (Å²) in [4.78, 5) is 10.4. The van der Waals surface area contributed by atoms with Crippen molar-refractivity contribution in [3.8, 4) is 6.07 Å². The molecule has 5 nitrogen and oxygen atoms in total. The number of nitrogens with zero attached hydrogens (tertiary/aromatic N) is 2. The van der Waals surface area contributed by atoms with Gasteiger partial charge in [-0.25, -0.2) is 0 Å². The minimum atomic E-state index is -0.512. The zero-order chi connectivity index (χ0) is 13.8. The molecule has 0 bridgehead atoms. The third-order valence-electron chi connectivity index (χ3n) is 2.43. The molecule has 6 heteroatoms. The van der Waals surface area contributed by atoms with E-state index in [1.54, 1.807) is 30.3 Å². The molecule has 0 atom stereocenters. The molecule has 0 aliphatic carbocycles. The number of nitro benzene ring substituents is 1. The third kappa shape index (κ3) is 3.00. The van der Waals surface area contributed by atoms with Gasteiger partial charge in [0.25, 0.3) is 5.69 Å². The molecule has 94 valence electrons. The van der Waals surface area contributed by atoms with Crippen molar-refractivity contribution in [2.24, 2.45) is 0 Å². The van der Waals surface area contributed by atoms with Gasteiger partial charge in [-0.1, -0.05) is 17.7 Å². The Labute approximate surface area is 114 Å². The Bertz CT molecular complexity index is 680. The van der Waals surface area contributed by atoms with Gasteiger partial charge >= 0.3 is 0 Å². The first-order valence-electron chi connectivity index (χ1n) is 5.31. The summed E-state index contributed by atoms with van der Waals surface area (Å²) in [7, 11) is 0. The maximum absolute atomic E-state index is 10.9. The summed E-state index contributed by atoms with van der Waals surface area (Å²) in [5, 5.41) is 22.9. The number of hydrogen-bond donors (Lipinski definition) is 1. The van der Waals surface area contributed by atoms with Gasteiger partial charge in [-0.3, -0.25) is 10.1 Å². The summed E-state index contributed by atoms with van der Waals surface area (Å²) in [6, 6.07) is 13.1. The summed E-state index contributed by atoms with van der Waals surface area (Å²) in [5.41, 5.74) is 1.28. The molecule has 0 amide bonds. The van der Waals surface area contributed by atoms with Gasteiger partial charge in [-0.05, 0) is 30.3 Å². The molecule has 2 rings (SSSR count). The minimum absolute atomic E-state index is 0.116. The van der Waals surface area contributed by atoms with E-state index in [9.17, 15) is 10.1 Å². The van der Waals surface area contributed by atoms with E-state index in [4.69, 9.17) is 16.9 Å². The zero-order valence-electron chi connectivity index (χ0n) is 9.63. The molecule has 0 radical (unpaired) electrons. The SMILES string of the molecule is N#Cc1cccc(Nc2ccc(Cl)cc2[N+](=O)[O-])c1. The highest BCUT2D eigenvalue weighted by atomic mass is 35.5. The van der Waals surface area contributed by atoms with Crippen LogP contribution in [0.15, 0.2) is 42.5 Å². The average Bonchev–Trinajstić information content (AvgIpc) is 2.41. The molecule has 1 N–H and O–H groups in total. The lowest BCUT2D eigenvalue weighted by atomic mass is 10.2. The highest BCUT2D eigenvalue weighted by molar-refractivity contribution is 6.30. The largest absolute Gasteiger partial charge is 0.350 e. The van der Waals surface area contributed by atoms with Crippen LogP contribution in [0.4, 0.5) is 17.1 Å². The summed E-state index contributed by atoms with van der Waals surface area (Å²) in [5.74, 6) is 0. The van der Waals surface area contributed by atoms with Crippen LogP contribution < -0.4 is 5.32 Å². The minimum Gasteiger partial charge on any atom is -0.350 e. The predicted molar refractivity (Wildman–Crippen MR) is 72.5 cm³/mol. The second-order valence-corrected chi connectivity index (χ2v) is 4.17. The van der Waals surface area contributed by atoms with Crippen molar-refractivity contribution in [3.05, 3.63) is 63.2 Å². The van der Waals surface area contributed by atoms with Crippen molar-refractivity contribution >= 4 is 28.7 Å². The van der Waals surface area contributed by atoms with E-state index in [0.29, 0.717) is 22.0 Å². The van der Waals surface area contributed by atoms with Crippen LogP contribution in [0, 0.1) is 21.4 Å². The fourth-order valence-corrected chi connectivity index (χ4v) is 1.75. The molecule has 0 unspecified atom stereocenters. The maximum atomic E-state index is 10.9. The first-order valence-corrected chi connectivity index (χ1v) is 5.69. The highest BCUT2D eigenvalue weighted by Gasteiger charge is 2.14. The maximum Gasteiger partial charge on any atom is 0.294 e. The predicted octanol–water partition coefficient (Wildman–Crippen LogP) is 3.86. The van der Waals surface area contributed by atoms with Gasteiger partial charge in [0.05, 0.1) is 16.6 Å². The number of halogens is 1. The van der Waals surface area contributed by atoms with Crippen LogP contribution in [0.3, 0.4) is 0 Å². The van der Waals surface area contributed by atoms with E-state index in [1.807, 2.05) is 6.07 Å². The summed E-state index contributed by atoms with van der Waals surface area (Å²) >= 11 is 5.74. The number of hydrogen-bond acceptors (Lipinski definition) is 4. The highest BCUT2D eigenvalue weighted by Crippen LogP contribution is 2.30. The molecule has 0 saturated heterocycles. The van der Waals surface area contributed by atoms with Crippen LogP contribution >= 0.6 is 11.6 Å². The van der Waals surface area contributed by atoms with Crippen LogP contribution in [0.2, 0.25) is 5.02 Å². The third-order valence-corrected chi connectivity index (χ3v) is 2.66. The van der Waals surface area contributed by atoms with E-state index in [2.05, 4.69) is 5.32 Å². The lowest BCUT2D eigenvalue weighted by molar-refractivity contribution is -0.383. The van der Waals surface area contributed by atoms with E-state index in [-0.39, 0.29) is 5.69 Å². The lowest BCUT2D eigenvalue weighted by Crippen LogP contribution is -1.97. The molecule has 2 aromatic carbocycles. The number of benzene rings is 2. The molecule has 19 heavy (non-hydrogen) atoms. The summed E-state index contributed by atoms with van der Waals surface area (Å²) < 4.78 is 0. The van der Waals surface area contributed by atoms with Crippen molar-refractivity contribution in [3.63, 3.8) is 0 Å². The van der Waals surface area contributed by atoms with Crippen LogP contribution in [0.1, 0.15) is 5.56 Å². The zero-order valence-corrected chi connectivity index (χ0v) is 10.4. The number of nitrogens with one attached hydrogen (secondary N) is 1. The standard InChI is InChI=1S/C13H8ClN3O2/c14-10-4-5-12(13(7-10)17(18)19)16-11-3-1-2-9(6-11)8-15/h1-7,16H. The van der Waals surface area contributed by atoms with Crippen LogP contribution in [-0.2, 0) is 0 Å². The van der Waals surface area contributed by atoms with Crippen LogP contribution in [0.5, 0.6) is 0 Å². The molecule has 0 fully saturated rings. The van der Waals surface area contributed by atoms with Gasteiger partial charge < -0.3 is 5.32 Å². The smallest absolute Gasteiger partial charge is 0.294 e. The second kappa shape index (κ2) is 5.38. The Balaban J connectivity index is 2.38. The molecule has 0 spiro atoms. The average molecular weight is 274 g/mol. The van der Waals surface area contributed by atoms with Crippen molar-refractivity contribution < 1.29 is 4.92 Å². The van der Waals surface area contributed by atoms with Crippen LogP contribution in [-0.4, -0.2) is 4.92 Å². The quantitative estimate of drug-likeness (QED) is 0.680. The van der Waals surface area contributed by atoms with E-state index >= 15 is 0 Å². The molecule has 0 aliphatic rings. The molecule has 0 aliphatic heterocycles. The number of nitriles is 1. The Morgan fingerprint density at radius 1 is 1.26 bits per heavy atom. The lowest BCUT2D eigenvalue weighted by Gasteiger charge is -2.07. The van der Waals surface area contributed by atoms with Gasteiger partial charge in [0, 0.05) is 16.8 Å². The van der Waals surface area contributed by atoms with Crippen molar-refractivity contribution in [1.82, 2.24) is 0 Å². The van der Waals surface area contributed by atoms with Gasteiger partial charge in [-0.15, -0.1) is 0 Å². The Hall–Kier alpha value is -2.58. The molecule has 2 aromatic rings. The molecular weight excluding hydrogens is 266 g/mol. The summed E-state index contributed by atoms with van der Waals surface area (Å²) in [6.07, 6.45) is 0. The second-order valence-electron chi connectivity index (χ2n) is 3.74. The van der Waals surface area contributed by atoms with Crippen molar-refractivity contribution in [2.45, 2.75) is 0 Å². The first kappa shape index (κ1) is 12.9. The molecule has 0 saturated carbocycles.